The Hall–Kier alpha value is -3.11. The zero-order chi connectivity index (χ0) is 21.4. The highest BCUT2D eigenvalue weighted by Gasteiger charge is 2.37. The van der Waals surface area contributed by atoms with E-state index in [-0.39, 0.29) is 35.5 Å². The summed E-state index contributed by atoms with van der Waals surface area (Å²) >= 11 is 0. The first-order valence-electron chi connectivity index (χ1n) is 8.26. The fourth-order valence-corrected chi connectivity index (χ4v) is 2.82. The van der Waals surface area contributed by atoms with Crippen LogP contribution in [0.1, 0.15) is 16.7 Å². The molecule has 1 heterocycles. The molecular weight excluding hydrogens is 395 g/mol. The van der Waals surface area contributed by atoms with Crippen molar-refractivity contribution in [3.8, 4) is 22.6 Å². The van der Waals surface area contributed by atoms with Gasteiger partial charge in [0.25, 0.3) is 0 Å². The van der Waals surface area contributed by atoms with E-state index in [1.807, 2.05) is 0 Å². The number of nitrogens with zero attached hydrogens (tertiary/aromatic N) is 2. The van der Waals surface area contributed by atoms with Crippen LogP contribution in [-0.4, -0.2) is 15.1 Å². The second-order valence-corrected chi connectivity index (χ2v) is 6.13. The van der Waals surface area contributed by atoms with E-state index in [2.05, 4.69) is 9.97 Å². The Balaban J connectivity index is 2.31. The van der Waals surface area contributed by atoms with Gasteiger partial charge in [0, 0.05) is 23.2 Å². The smallest absolute Gasteiger partial charge is 0.383 e. The van der Waals surface area contributed by atoms with E-state index >= 15 is 0 Å². The second kappa shape index (κ2) is 7.37. The third kappa shape index (κ3) is 4.17. The minimum Gasteiger partial charge on any atom is -0.383 e. The topological polar surface area (TPSA) is 98.1 Å². The summed E-state index contributed by atoms with van der Waals surface area (Å²) in [7, 11) is 0. The van der Waals surface area contributed by atoms with Crippen molar-refractivity contribution >= 4 is 5.82 Å². The van der Waals surface area contributed by atoms with Crippen molar-refractivity contribution in [3.05, 3.63) is 65.2 Å². The average Bonchev–Trinajstić information content (AvgIpc) is 2.66. The molecule has 0 atom stereocenters. The lowest BCUT2D eigenvalue weighted by molar-refractivity contribution is -0.208. The predicted molar refractivity (Wildman–Crippen MR) is 96.3 cm³/mol. The number of aliphatic hydroxyl groups is 1. The van der Waals surface area contributed by atoms with Crippen LogP contribution in [0.5, 0.6) is 0 Å². The lowest BCUT2D eigenvalue weighted by Gasteiger charge is -2.19. The molecule has 152 valence electrons. The molecule has 0 saturated heterocycles. The predicted octanol–water partition coefficient (Wildman–Crippen LogP) is 3.91. The maximum Gasteiger partial charge on any atom is 0.416 e. The highest BCUT2D eigenvalue weighted by molar-refractivity contribution is 5.74. The van der Waals surface area contributed by atoms with Gasteiger partial charge < -0.3 is 16.6 Å². The SMILES string of the molecule is NCc1c(N)nc(-c2ccccc2)nc1-c1ccc(C(F)(F)F)cc1C(O)(F)F. The quantitative estimate of drug-likeness (QED) is 0.567. The summed E-state index contributed by atoms with van der Waals surface area (Å²) in [5, 5.41) is 9.23. The number of aromatic nitrogens is 2. The molecule has 0 aliphatic heterocycles. The number of hydrogen-bond donors (Lipinski definition) is 3. The third-order valence-corrected chi connectivity index (χ3v) is 4.20. The Kier molecular flexibility index (Phi) is 5.24. The molecule has 0 bridgehead atoms. The maximum absolute atomic E-state index is 13.8. The van der Waals surface area contributed by atoms with Crippen molar-refractivity contribution in [3.63, 3.8) is 0 Å². The molecule has 0 saturated carbocycles. The summed E-state index contributed by atoms with van der Waals surface area (Å²) in [5.41, 5.74) is 8.90. The number of nitrogen functional groups attached to an aromatic ring is 1. The minimum atomic E-state index is -4.88. The van der Waals surface area contributed by atoms with Gasteiger partial charge in [-0.3, -0.25) is 0 Å². The zero-order valence-electron chi connectivity index (χ0n) is 14.7. The van der Waals surface area contributed by atoms with Gasteiger partial charge in [0.2, 0.25) is 0 Å². The van der Waals surface area contributed by atoms with Gasteiger partial charge in [-0.05, 0) is 12.1 Å². The van der Waals surface area contributed by atoms with E-state index < -0.39 is 29.0 Å². The van der Waals surface area contributed by atoms with Crippen molar-refractivity contribution in [2.24, 2.45) is 5.73 Å². The lowest BCUT2D eigenvalue weighted by atomic mass is 9.97. The molecule has 0 aliphatic carbocycles. The van der Waals surface area contributed by atoms with Crippen LogP contribution >= 0.6 is 0 Å². The van der Waals surface area contributed by atoms with Crippen molar-refractivity contribution in [2.45, 2.75) is 18.8 Å². The molecule has 0 unspecified atom stereocenters. The van der Waals surface area contributed by atoms with E-state index in [0.29, 0.717) is 11.6 Å². The molecule has 0 amide bonds. The molecule has 0 spiro atoms. The van der Waals surface area contributed by atoms with E-state index in [9.17, 15) is 27.1 Å². The summed E-state index contributed by atoms with van der Waals surface area (Å²) in [4.78, 5) is 8.32. The number of nitrogens with two attached hydrogens (primary N) is 2. The normalized spacial score (nSPS) is 12.2. The van der Waals surface area contributed by atoms with E-state index in [1.165, 1.54) is 0 Å². The standard InChI is InChI=1S/C19H15F5N4O/c20-18(21,22)11-6-7-12(14(8-11)19(23,24)29)15-13(9-25)16(26)28-17(27-15)10-4-2-1-3-5-10/h1-8,29H,9,25H2,(H2,26,27,28). The summed E-state index contributed by atoms with van der Waals surface area (Å²) in [6, 6.07) is 10.0. The first kappa shape index (κ1) is 20.6. The summed E-state index contributed by atoms with van der Waals surface area (Å²) in [6.07, 6.45) is -9.44. The van der Waals surface area contributed by atoms with Crippen LogP contribution in [-0.2, 0) is 18.8 Å². The van der Waals surface area contributed by atoms with Crippen molar-refractivity contribution in [2.75, 3.05) is 5.73 Å². The Morgan fingerprint density at radius 1 is 0.931 bits per heavy atom. The molecule has 5 N–H and O–H groups in total. The zero-order valence-corrected chi connectivity index (χ0v) is 14.7. The van der Waals surface area contributed by atoms with Crippen LogP contribution in [0.2, 0.25) is 0 Å². The van der Waals surface area contributed by atoms with Crippen LogP contribution in [0.25, 0.3) is 22.6 Å². The molecule has 0 fully saturated rings. The van der Waals surface area contributed by atoms with Gasteiger partial charge in [0.1, 0.15) is 5.82 Å². The van der Waals surface area contributed by atoms with Gasteiger partial charge in [-0.1, -0.05) is 36.4 Å². The third-order valence-electron chi connectivity index (χ3n) is 4.20. The van der Waals surface area contributed by atoms with Gasteiger partial charge in [-0.25, -0.2) is 9.97 Å². The molecule has 29 heavy (non-hydrogen) atoms. The van der Waals surface area contributed by atoms with Crippen LogP contribution < -0.4 is 11.5 Å². The Morgan fingerprint density at radius 3 is 2.14 bits per heavy atom. The number of halogens is 5. The highest BCUT2D eigenvalue weighted by Crippen LogP contribution is 2.40. The molecule has 3 aromatic rings. The molecule has 1 aromatic heterocycles. The second-order valence-electron chi connectivity index (χ2n) is 6.13. The van der Waals surface area contributed by atoms with Gasteiger partial charge in [-0.15, -0.1) is 0 Å². The molecular formula is C19H15F5N4O. The van der Waals surface area contributed by atoms with Crippen LogP contribution in [0, 0.1) is 0 Å². The van der Waals surface area contributed by atoms with Gasteiger partial charge >= 0.3 is 12.3 Å². The molecule has 3 rings (SSSR count). The van der Waals surface area contributed by atoms with Crippen molar-refractivity contribution < 1.29 is 27.1 Å². The minimum absolute atomic E-state index is 0.0648. The fraction of sp³-hybridized carbons (Fsp3) is 0.158. The highest BCUT2D eigenvalue weighted by atomic mass is 19.4. The molecule has 10 heteroatoms. The number of rotatable bonds is 4. The lowest BCUT2D eigenvalue weighted by Crippen LogP contribution is -2.17. The van der Waals surface area contributed by atoms with Crippen LogP contribution in [0.3, 0.4) is 0 Å². The van der Waals surface area contributed by atoms with E-state index in [1.54, 1.807) is 30.3 Å². The number of benzene rings is 2. The van der Waals surface area contributed by atoms with E-state index in [4.69, 9.17) is 11.5 Å². The van der Waals surface area contributed by atoms with Gasteiger partial charge in [0.05, 0.1) is 16.8 Å². The monoisotopic (exact) mass is 410 g/mol. The Labute approximate surface area is 161 Å². The Bertz CT molecular complexity index is 1030. The van der Waals surface area contributed by atoms with Crippen LogP contribution in [0.15, 0.2) is 48.5 Å². The number of anilines is 1. The first-order valence-corrected chi connectivity index (χ1v) is 8.26. The molecule has 0 radical (unpaired) electrons. The average molecular weight is 410 g/mol. The molecule has 5 nitrogen and oxygen atoms in total. The largest absolute Gasteiger partial charge is 0.416 e. The first-order chi connectivity index (χ1) is 13.5. The van der Waals surface area contributed by atoms with Gasteiger partial charge in [0.15, 0.2) is 5.82 Å². The maximum atomic E-state index is 13.8. The molecule has 0 aliphatic rings. The van der Waals surface area contributed by atoms with Crippen molar-refractivity contribution in [1.82, 2.24) is 9.97 Å². The van der Waals surface area contributed by atoms with Crippen LogP contribution in [0.4, 0.5) is 27.8 Å². The Morgan fingerprint density at radius 2 is 1.59 bits per heavy atom. The summed E-state index contributed by atoms with van der Waals surface area (Å²) < 4.78 is 66.6. The van der Waals surface area contributed by atoms with E-state index in [0.717, 1.165) is 6.07 Å². The number of alkyl halides is 5. The summed E-state index contributed by atoms with van der Waals surface area (Å²) in [6.45, 7) is -0.256. The summed E-state index contributed by atoms with van der Waals surface area (Å²) in [5.74, 6) is -0.0362. The van der Waals surface area contributed by atoms with Gasteiger partial charge in [-0.2, -0.15) is 22.0 Å². The van der Waals surface area contributed by atoms with Crippen molar-refractivity contribution in [1.29, 1.82) is 0 Å². The molecule has 2 aromatic carbocycles. The number of hydrogen-bond acceptors (Lipinski definition) is 5. The fourth-order valence-electron chi connectivity index (χ4n) is 2.82.